The molecule has 0 atom stereocenters. The van der Waals surface area contributed by atoms with Crippen molar-refractivity contribution in [1.29, 1.82) is 0 Å². The first-order valence-electron chi connectivity index (χ1n) is 7.96. The van der Waals surface area contributed by atoms with Gasteiger partial charge in [-0.05, 0) is 36.8 Å². The van der Waals surface area contributed by atoms with Gasteiger partial charge in [-0.1, -0.05) is 36.4 Å². The average molecular weight is 322 g/mol. The molecule has 4 nitrogen and oxygen atoms in total. The van der Waals surface area contributed by atoms with E-state index in [0.29, 0.717) is 24.3 Å². The molecule has 0 fully saturated rings. The Morgan fingerprint density at radius 3 is 1.50 bits per heavy atom. The van der Waals surface area contributed by atoms with Crippen LogP contribution in [0.25, 0.3) is 21.5 Å². The molecule has 122 valence electrons. The van der Waals surface area contributed by atoms with Crippen LogP contribution < -0.4 is 0 Å². The molecule has 0 unspecified atom stereocenters. The number of ether oxygens (including phenoxy) is 2. The van der Waals surface area contributed by atoms with E-state index in [1.807, 2.05) is 36.4 Å². The number of esters is 2. The molecule has 0 aliphatic heterocycles. The molecule has 3 rings (SSSR count). The lowest BCUT2D eigenvalue weighted by molar-refractivity contribution is 0.0517. The predicted octanol–water partition coefficient (Wildman–Crippen LogP) is 4.35. The standard InChI is InChI=1S/C20H18O4/c1-3-23-19(21)15-9-5-7-13-11-12-14-8-6-10-16(18(14)17(13)15)20(22)24-4-2/h5-12H,3-4H2,1-2H3. The first-order valence-corrected chi connectivity index (χ1v) is 7.96. The molecular formula is C20H18O4. The second kappa shape index (κ2) is 6.71. The number of rotatable bonds is 4. The number of fused-ring (bicyclic) bond motifs is 3. The second-order valence-corrected chi connectivity index (χ2v) is 5.31. The van der Waals surface area contributed by atoms with Crippen molar-refractivity contribution >= 4 is 33.5 Å². The molecule has 0 bridgehead atoms. The Labute approximate surface area is 140 Å². The van der Waals surface area contributed by atoms with Crippen LogP contribution in [0.15, 0.2) is 48.5 Å². The maximum atomic E-state index is 12.4. The predicted molar refractivity (Wildman–Crippen MR) is 93.4 cm³/mol. The van der Waals surface area contributed by atoms with Crippen LogP contribution in [0.3, 0.4) is 0 Å². The number of hydrogen-bond donors (Lipinski definition) is 0. The second-order valence-electron chi connectivity index (χ2n) is 5.31. The number of hydrogen-bond acceptors (Lipinski definition) is 4. The largest absolute Gasteiger partial charge is 0.462 e. The van der Waals surface area contributed by atoms with Gasteiger partial charge in [0.05, 0.1) is 24.3 Å². The quantitative estimate of drug-likeness (QED) is 0.529. The highest BCUT2D eigenvalue weighted by molar-refractivity contribution is 6.21. The summed E-state index contributed by atoms with van der Waals surface area (Å²) < 4.78 is 10.4. The highest BCUT2D eigenvalue weighted by Gasteiger charge is 2.18. The molecule has 3 aromatic rings. The summed E-state index contributed by atoms with van der Waals surface area (Å²) in [4.78, 5) is 24.7. The normalized spacial score (nSPS) is 10.8. The van der Waals surface area contributed by atoms with Crippen LogP contribution in [-0.2, 0) is 9.47 Å². The molecule has 0 heterocycles. The highest BCUT2D eigenvalue weighted by Crippen LogP contribution is 2.32. The lowest BCUT2D eigenvalue weighted by Gasteiger charge is -2.12. The van der Waals surface area contributed by atoms with E-state index < -0.39 is 11.9 Å². The Balaban J connectivity index is 2.39. The summed E-state index contributed by atoms with van der Waals surface area (Å²) in [6.07, 6.45) is 0. The summed E-state index contributed by atoms with van der Waals surface area (Å²) in [5.74, 6) is -0.788. The fraction of sp³-hybridized carbons (Fsp3) is 0.200. The van der Waals surface area contributed by atoms with Gasteiger partial charge in [0.1, 0.15) is 0 Å². The molecule has 0 radical (unpaired) electrons. The molecule has 0 aromatic heterocycles. The van der Waals surface area contributed by atoms with Crippen molar-refractivity contribution in [3.63, 3.8) is 0 Å². The van der Waals surface area contributed by atoms with Gasteiger partial charge in [-0.3, -0.25) is 0 Å². The number of carbonyl (C=O) groups is 2. The summed E-state index contributed by atoms with van der Waals surface area (Å²) in [6, 6.07) is 14.8. The minimum atomic E-state index is -0.394. The molecule has 0 aliphatic carbocycles. The van der Waals surface area contributed by atoms with Crippen molar-refractivity contribution in [2.45, 2.75) is 13.8 Å². The van der Waals surface area contributed by atoms with Crippen LogP contribution >= 0.6 is 0 Å². The summed E-state index contributed by atoms with van der Waals surface area (Å²) in [6.45, 7) is 4.13. The van der Waals surface area contributed by atoms with Gasteiger partial charge < -0.3 is 9.47 Å². The topological polar surface area (TPSA) is 52.6 Å². The fourth-order valence-electron chi connectivity index (χ4n) is 2.91. The third-order valence-corrected chi connectivity index (χ3v) is 3.88. The Morgan fingerprint density at radius 1 is 0.708 bits per heavy atom. The summed E-state index contributed by atoms with van der Waals surface area (Å²) in [5.41, 5.74) is 0.911. The van der Waals surface area contributed by atoms with Gasteiger partial charge in [0.2, 0.25) is 0 Å². The molecule has 0 N–H and O–H groups in total. The van der Waals surface area contributed by atoms with E-state index in [2.05, 4.69) is 0 Å². The summed E-state index contributed by atoms with van der Waals surface area (Å²) in [5, 5.41) is 3.20. The summed E-state index contributed by atoms with van der Waals surface area (Å²) in [7, 11) is 0. The Hall–Kier alpha value is -2.88. The van der Waals surface area contributed by atoms with Gasteiger partial charge in [-0.2, -0.15) is 0 Å². The van der Waals surface area contributed by atoms with Crippen LogP contribution in [0.5, 0.6) is 0 Å². The average Bonchev–Trinajstić information content (AvgIpc) is 2.60. The molecule has 0 aliphatic rings. The Morgan fingerprint density at radius 2 is 1.12 bits per heavy atom. The number of benzene rings is 3. The lowest BCUT2D eigenvalue weighted by Crippen LogP contribution is -2.08. The van der Waals surface area contributed by atoms with E-state index in [1.54, 1.807) is 26.0 Å². The van der Waals surface area contributed by atoms with Crippen LogP contribution in [0.1, 0.15) is 34.6 Å². The van der Waals surface area contributed by atoms with E-state index in [0.717, 1.165) is 21.5 Å². The van der Waals surface area contributed by atoms with Crippen molar-refractivity contribution in [1.82, 2.24) is 0 Å². The van der Waals surface area contributed by atoms with E-state index >= 15 is 0 Å². The molecule has 24 heavy (non-hydrogen) atoms. The van der Waals surface area contributed by atoms with Gasteiger partial charge in [0.15, 0.2) is 0 Å². The zero-order chi connectivity index (χ0) is 17.1. The van der Waals surface area contributed by atoms with Crippen LogP contribution in [0, 0.1) is 0 Å². The van der Waals surface area contributed by atoms with E-state index in [-0.39, 0.29) is 0 Å². The maximum absolute atomic E-state index is 12.4. The highest BCUT2D eigenvalue weighted by atomic mass is 16.5. The van der Waals surface area contributed by atoms with Crippen LogP contribution in [-0.4, -0.2) is 25.2 Å². The van der Waals surface area contributed by atoms with Gasteiger partial charge in [0, 0.05) is 10.8 Å². The molecule has 4 heteroatoms. The SMILES string of the molecule is CCOC(=O)c1cccc2ccc3cccc(C(=O)OCC)c3c12. The van der Waals surface area contributed by atoms with Crippen molar-refractivity contribution in [2.24, 2.45) is 0 Å². The monoisotopic (exact) mass is 322 g/mol. The van der Waals surface area contributed by atoms with Gasteiger partial charge in [-0.25, -0.2) is 9.59 Å². The smallest absolute Gasteiger partial charge is 0.338 e. The summed E-state index contributed by atoms with van der Waals surface area (Å²) >= 11 is 0. The van der Waals surface area contributed by atoms with E-state index in [9.17, 15) is 9.59 Å². The van der Waals surface area contributed by atoms with Crippen LogP contribution in [0.4, 0.5) is 0 Å². The van der Waals surface area contributed by atoms with Crippen LogP contribution in [0.2, 0.25) is 0 Å². The zero-order valence-corrected chi connectivity index (χ0v) is 13.7. The minimum absolute atomic E-state index is 0.296. The minimum Gasteiger partial charge on any atom is -0.462 e. The molecule has 0 spiro atoms. The van der Waals surface area contributed by atoms with Crippen molar-refractivity contribution in [2.75, 3.05) is 13.2 Å². The molecular weight excluding hydrogens is 304 g/mol. The lowest BCUT2D eigenvalue weighted by atomic mass is 9.94. The third-order valence-electron chi connectivity index (χ3n) is 3.88. The van der Waals surface area contributed by atoms with Gasteiger partial charge >= 0.3 is 11.9 Å². The Kier molecular flexibility index (Phi) is 4.47. The van der Waals surface area contributed by atoms with Crippen molar-refractivity contribution in [3.05, 3.63) is 59.7 Å². The maximum Gasteiger partial charge on any atom is 0.338 e. The van der Waals surface area contributed by atoms with Gasteiger partial charge in [0.25, 0.3) is 0 Å². The molecule has 0 amide bonds. The first-order chi connectivity index (χ1) is 11.7. The fourth-order valence-corrected chi connectivity index (χ4v) is 2.91. The van der Waals surface area contributed by atoms with Crippen molar-refractivity contribution in [3.8, 4) is 0 Å². The van der Waals surface area contributed by atoms with E-state index in [4.69, 9.17) is 9.47 Å². The van der Waals surface area contributed by atoms with Gasteiger partial charge in [-0.15, -0.1) is 0 Å². The number of carbonyl (C=O) groups excluding carboxylic acids is 2. The zero-order valence-electron chi connectivity index (χ0n) is 13.7. The molecule has 0 saturated carbocycles. The van der Waals surface area contributed by atoms with E-state index in [1.165, 1.54) is 0 Å². The third kappa shape index (κ3) is 2.71. The first kappa shape index (κ1) is 16.0. The Bertz CT molecular complexity index is 851. The van der Waals surface area contributed by atoms with Crippen molar-refractivity contribution < 1.29 is 19.1 Å². The molecule has 3 aromatic carbocycles. The molecule has 0 saturated heterocycles.